The van der Waals surface area contributed by atoms with Crippen LogP contribution < -0.4 is 5.32 Å². The van der Waals surface area contributed by atoms with Crippen LogP contribution in [0.25, 0.3) is 10.9 Å². The summed E-state index contributed by atoms with van der Waals surface area (Å²) in [6, 6.07) is 4.00. The first-order chi connectivity index (χ1) is 10.6. The Kier molecular flexibility index (Phi) is 4.35. The van der Waals surface area contributed by atoms with Crippen molar-refractivity contribution in [1.29, 1.82) is 0 Å². The molecule has 2 aromatic rings. The van der Waals surface area contributed by atoms with Crippen molar-refractivity contribution >= 4 is 22.8 Å². The summed E-state index contributed by atoms with van der Waals surface area (Å²) in [5.74, 6) is -1.59. The van der Waals surface area contributed by atoms with E-state index in [0.717, 1.165) is 12.1 Å². The van der Waals surface area contributed by atoms with E-state index in [4.69, 9.17) is 5.11 Å². The second kappa shape index (κ2) is 5.94. The number of carboxylic acids is 1. The van der Waals surface area contributed by atoms with Crippen LogP contribution in [0.2, 0.25) is 0 Å². The quantitative estimate of drug-likeness (QED) is 0.906. The molecule has 23 heavy (non-hydrogen) atoms. The molecule has 124 valence electrons. The Morgan fingerprint density at radius 1 is 1.30 bits per heavy atom. The predicted molar refractivity (Wildman–Crippen MR) is 77.1 cm³/mol. The highest BCUT2D eigenvalue weighted by atomic mass is 19.4. The van der Waals surface area contributed by atoms with Gasteiger partial charge in [0, 0.05) is 24.0 Å². The van der Waals surface area contributed by atoms with Gasteiger partial charge < -0.3 is 15.0 Å². The van der Waals surface area contributed by atoms with Gasteiger partial charge in [0.1, 0.15) is 5.69 Å². The first-order valence-electron chi connectivity index (χ1n) is 6.79. The molecule has 0 spiro atoms. The molecule has 0 saturated carbocycles. The van der Waals surface area contributed by atoms with E-state index in [2.05, 4.69) is 5.32 Å². The summed E-state index contributed by atoms with van der Waals surface area (Å²) in [6.45, 7) is 1.54. The van der Waals surface area contributed by atoms with Gasteiger partial charge in [-0.25, -0.2) is 0 Å². The van der Waals surface area contributed by atoms with Crippen LogP contribution in [-0.4, -0.2) is 27.6 Å². The molecule has 8 heteroatoms. The highest BCUT2D eigenvalue weighted by molar-refractivity contribution is 5.99. The number of alkyl halides is 3. The van der Waals surface area contributed by atoms with E-state index < -0.39 is 29.7 Å². The van der Waals surface area contributed by atoms with E-state index in [1.54, 1.807) is 7.05 Å². The number of carboxylic acid groups (broad SMARTS) is 1. The number of hydrogen-bond donors (Lipinski definition) is 2. The molecule has 1 atom stereocenters. The van der Waals surface area contributed by atoms with Gasteiger partial charge in [-0.05, 0) is 31.2 Å². The molecular formula is C15H15F3N2O3. The van der Waals surface area contributed by atoms with E-state index in [9.17, 15) is 22.8 Å². The van der Waals surface area contributed by atoms with Crippen LogP contribution in [0.15, 0.2) is 24.3 Å². The number of halogens is 3. The van der Waals surface area contributed by atoms with Gasteiger partial charge in [0.15, 0.2) is 0 Å². The van der Waals surface area contributed by atoms with Crippen LogP contribution in [0.3, 0.4) is 0 Å². The third-order valence-corrected chi connectivity index (χ3v) is 3.46. The van der Waals surface area contributed by atoms with Gasteiger partial charge in [0.2, 0.25) is 0 Å². The zero-order valence-corrected chi connectivity index (χ0v) is 12.4. The second-order valence-corrected chi connectivity index (χ2v) is 5.33. The van der Waals surface area contributed by atoms with Crippen LogP contribution >= 0.6 is 0 Å². The molecule has 1 unspecified atom stereocenters. The normalized spacial score (nSPS) is 13.1. The minimum atomic E-state index is -4.46. The summed E-state index contributed by atoms with van der Waals surface area (Å²) in [5.41, 5.74) is -0.146. The number of fused-ring (bicyclic) bond motifs is 1. The van der Waals surface area contributed by atoms with Crippen LogP contribution in [0.1, 0.15) is 29.4 Å². The lowest BCUT2D eigenvalue weighted by atomic mass is 10.1. The van der Waals surface area contributed by atoms with Crippen molar-refractivity contribution in [2.24, 2.45) is 7.05 Å². The Bertz CT molecular complexity index is 765. The van der Waals surface area contributed by atoms with Crippen molar-refractivity contribution in [1.82, 2.24) is 9.88 Å². The number of carbonyl (C=O) groups is 2. The van der Waals surface area contributed by atoms with Gasteiger partial charge in [-0.15, -0.1) is 0 Å². The molecule has 1 amide bonds. The average Bonchev–Trinajstić information content (AvgIpc) is 2.73. The summed E-state index contributed by atoms with van der Waals surface area (Å²) in [5, 5.41) is 11.5. The lowest BCUT2D eigenvalue weighted by Gasteiger charge is -2.12. The molecule has 1 heterocycles. The third-order valence-electron chi connectivity index (χ3n) is 3.46. The number of aromatic nitrogens is 1. The fourth-order valence-electron chi connectivity index (χ4n) is 2.35. The van der Waals surface area contributed by atoms with Crippen molar-refractivity contribution in [3.05, 3.63) is 35.5 Å². The number of hydrogen-bond acceptors (Lipinski definition) is 2. The molecule has 1 aromatic heterocycles. The molecule has 0 saturated heterocycles. The summed E-state index contributed by atoms with van der Waals surface area (Å²) >= 11 is 0. The summed E-state index contributed by atoms with van der Waals surface area (Å²) in [4.78, 5) is 22.8. The zero-order valence-electron chi connectivity index (χ0n) is 12.4. The van der Waals surface area contributed by atoms with Crippen molar-refractivity contribution in [3.63, 3.8) is 0 Å². The average molecular weight is 328 g/mol. The zero-order chi connectivity index (χ0) is 17.4. The maximum absolute atomic E-state index is 12.7. The first-order valence-corrected chi connectivity index (χ1v) is 6.79. The maximum Gasteiger partial charge on any atom is 0.416 e. The fourth-order valence-corrected chi connectivity index (χ4v) is 2.35. The second-order valence-electron chi connectivity index (χ2n) is 5.33. The first kappa shape index (κ1) is 16.9. The molecule has 0 aliphatic carbocycles. The minimum Gasteiger partial charge on any atom is -0.481 e. The summed E-state index contributed by atoms with van der Waals surface area (Å²) in [6.07, 6.45) is -4.70. The highest BCUT2D eigenvalue weighted by Crippen LogP contribution is 2.32. The number of amides is 1. The molecule has 0 bridgehead atoms. The van der Waals surface area contributed by atoms with Crippen molar-refractivity contribution in [2.75, 3.05) is 0 Å². The predicted octanol–water partition coefficient (Wildman–Crippen LogP) is 2.79. The molecule has 0 fully saturated rings. The Morgan fingerprint density at radius 2 is 1.96 bits per heavy atom. The van der Waals surface area contributed by atoms with Gasteiger partial charge >= 0.3 is 12.1 Å². The summed E-state index contributed by atoms with van der Waals surface area (Å²) in [7, 11) is 1.56. The number of nitrogens with zero attached hydrogens (tertiary/aromatic N) is 1. The maximum atomic E-state index is 12.7. The lowest BCUT2D eigenvalue weighted by Crippen LogP contribution is -2.35. The molecule has 1 aromatic carbocycles. The van der Waals surface area contributed by atoms with Crippen molar-refractivity contribution < 1.29 is 27.9 Å². The Labute approximate surface area is 129 Å². The van der Waals surface area contributed by atoms with Gasteiger partial charge in [-0.1, -0.05) is 0 Å². The minimum absolute atomic E-state index is 0.163. The third kappa shape index (κ3) is 3.64. The number of nitrogens with one attached hydrogen (secondary N) is 1. The van der Waals surface area contributed by atoms with E-state index in [1.165, 1.54) is 23.6 Å². The van der Waals surface area contributed by atoms with E-state index in [1.807, 2.05) is 0 Å². The fraction of sp³-hybridized carbons (Fsp3) is 0.333. The smallest absolute Gasteiger partial charge is 0.416 e. The topological polar surface area (TPSA) is 71.3 Å². The van der Waals surface area contributed by atoms with Crippen LogP contribution in [0.4, 0.5) is 13.2 Å². The van der Waals surface area contributed by atoms with Crippen LogP contribution in [0, 0.1) is 0 Å². The number of aliphatic carboxylic acids is 1. The number of carbonyl (C=O) groups excluding carboxylic acids is 1. The highest BCUT2D eigenvalue weighted by Gasteiger charge is 2.31. The number of rotatable bonds is 4. The van der Waals surface area contributed by atoms with Gasteiger partial charge in [-0.2, -0.15) is 13.2 Å². The van der Waals surface area contributed by atoms with Gasteiger partial charge in [-0.3, -0.25) is 9.59 Å². The molecule has 0 radical (unpaired) electrons. The van der Waals surface area contributed by atoms with Gasteiger partial charge in [0.25, 0.3) is 5.91 Å². The monoisotopic (exact) mass is 328 g/mol. The molecule has 0 aliphatic heterocycles. The largest absolute Gasteiger partial charge is 0.481 e. The molecule has 2 rings (SSSR count). The van der Waals surface area contributed by atoms with Crippen molar-refractivity contribution in [3.8, 4) is 0 Å². The number of benzene rings is 1. The molecule has 5 nitrogen and oxygen atoms in total. The Hall–Kier alpha value is -2.51. The van der Waals surface area contributed by atoms with E-state index in [-0.39, 0.29) is 12.1 Å². The SMILES string of the molecule is CC(CC(=O)O)NC(=O)c1cc2cc(C(F)(F)F)ccc2n1C. The van der Waals surface area contributed by atoms with Crippen LogP contribution in [-0.2, 0) is 18.0 Å². The molecular weight excluding hydrogens is 313 g/mol. The Balaban J connectivity index is 2.33. The van der Waals surface area contributed by atoms with E-state index >= 15 is 0 Å². The number of aryl methyl sites for hydroxylation is 1. The molecule has 0 aliphatic rings. The Morgan fingerprint density at radius 3 is 2.52 bits per heavy atom. The molecule has 2 N–H and O–H groups in total. The van der Waals surface area contributed by atoms with E-state index in [0.29, 0.717) is 10.9 Å². The van der Waals surface area contributed by atoms with Gasteiger partial charge in [0.05, 0.1) is 12.0 Å². The standard InChI is InChI=1S/C15H15F3N2O3/c1-8(5-13(21)22)19-14(23)12-7-9-6-10(15(16,17)18)3-4-11(9)20(12)2/h3-4,6-8H,5H2,1-2H3,(H,19,23)(H,21,22). The lowest BCUT2D eigenvalue weighted by molar-refractivity contribution is -0.138. The van der Waals surface area contributed by atoms with Crippen LogP contribution in [0.5, 0.6) is 0 Å². The summed E-state index contributed by atoms with van der Waals surface area (Å²) < 4.78 is 39.7. The van der Waals surface area contributed by atoms with Crippen molar-refractivity contribution in [2.45, 2.75) is 25.6 Å².